The second-order valence-corrected chi connectivity index (χ2v) is 14.8. The van der Waals surface area contributed by atoms with Crippen molar-refractivity contribution in [2.45, 2.75) is 238 Å². The summed E-state index contributed by atoms with van der Waals surface area (Å²) in [6, 6.07) is 0. The Morgan fingerprint density at radius 3 is 1.08 bits per heavy atom. The first-order chi connectivity index (χ1) is 24.6. The van der Waals surface area contributed by atoms with Gasteiger partial charge in [-0.2, -0.15) is 0 Å². The molecular formula is C45H84O5. The van der Waals surface area contributed by atoms with Gasteiger partial charge in [-0.3, -0.25) is 9.59 Å². The second-order valence-electron chi connectivity index (χ2n) is 14.8. The predicted molar refractivity (Wildman–Crippen MR) is 215 cm³/mol. The molecule has 0 aromatic heterocycles. The van der Waals surface area contributed by atoms with Crippen molar-refractivity contribution in [2.24, 2.45) is 0 Å². The molecule has 5 nitrogen and oxygen atoms in total. The number of esters is 2. The van der Waals surface area contributed by atoms with Gasteiger partial charge < -0.3 is 14.6 Å². The fourth-order valence-corrected chi connectivity index (χ4v) is 6.37. The van der Waals surface area contributed by atoms with Gasteiger partial charge in [-0.15, -0.1) is 0 Å². The van der Waals surface area contributed by atoms with E-state index in [0.717, 1.165) is 44.9 Å². The number of unbranched alkanes of at least 4 members (excludes halogenated alkanes) is 28. The van der Waals surface area contributed by atoms with Crippen LogP contribution in [0.1, 0.15) is 232 Å². The quantitative estimate of drug-likeness (QED) is 0.0390. The minimum absolute atomic E-state index is 0.0661. The maximum Gasteiger partial charge on any atom is 0.306 e. The molecule has 0 aromatic rings. The Morgan fingerprint density at radius 1 is 0.440 bits per heavy atom. The summed E-state index contributed by atoms with van der Waals surface area (Å²) in [5.41, 5.74) is 0. The lowest BCUT2D eigenvalue weighted by Gasteiger charge is -2.15. The van der Waals surface area contributed by atoms with Gasteiger partial charge in [0.1, 0.15) is 6.61 Å². The largest absolute Gasteiger partial charge is 0.462 e. The maximum atomic E-state index is 12.2. The smallest absolute Gasteiger partial charge is 0.306 e. The minimum Gasteiger partial charge on any atom is -0.462 e. The highest BCUT2D eigenvalue weighted by molar-refractivity contribution is 5.70. The van der Waals surface area contributed by atoms with Gasteiger partial charge in [0, 0.05) is 12.8 Å². The van der Waals surface area contributed by atoms with Gasteiger partial charge in [0.05, 0.1) is 6.61 Å². The summed E-state index contributed by atoms with van der Waals surface area (Å²) in [6.07, 6.45) is 49.6. The van der Waals surface area contributed by atoms with Gasteiger partial charge in [0.25, 0.3) is 0 Å². The third-order valence-corrected chi connectivity index (χ3v) is 9.72. The van der Waals surface area contributed by atoms with Crippen molar-refractivity contribution in [1.29, 1.82) is 0 Å². The van der Waals surface area contributed by atoms with Crippen LogP contribution in [0.3, 0.4) is 0 Å². The molecule has 1 atom stereocenters. The monoisotopic (exact) mass is 705 g/mol. The van der Waals surface area contributed by atoms with Crippen molar-refractivity contribution in [2.75, 3.05) is 13.2 Å². The number of hydrogen-bond acceptors (Lipinski definition) is 5. The van der Waals surface area contributed by atoms with Crippen molar-refractivity contribution < 1.29 is 24.2 Å². The van der Waals surface area contributed by atoms with Crippen LogP contribution in [0.2, 0.25) is 0 Å². The Bertz CT molecular complexity index is 761. The van der Waals surface area contributed by atoms with Gasteiger partial charge in [-0.1, -0.05) is 179 Å². The zero-order valence-electron chi connectivity index (χ0n) is 33.4. The summed E-state index contributed by atoms with van der Waals surface area (Å²) in [5, 5.41) is 9.57. The number of carbonyl (C=O) groups excluding carboxylic acids is 2. The van der Waals surface area contributed by atoms with E-state index < -0.39 is 6.10 Å². The molecule has 0 rings (SSSR count). The zero-order chi connectivity index (χ0) is 36.4. The van der Waals surface area contributed by atoms with E-state index in [-0.39, 0.29) is 25.2 Å². The highest BCUT2D eigenvalue weighted by Gasteiger charge is 2.16. The molecule has 0 spiro atoms. The van der Waals surface area contributed by atoms with Crippen molar-refractivity contribution in [3.8, 4) is 0 Å². The standard InChI is InChI=1S/C45H84O5/c1-3-5-7-9-11-13-15-17-19-20-21-22-23-24-26-27-29-31-33-35-37-39-44(47)49-42-43(41-46)50-45(48)40-38-36-34-32-30-28-25-18-16-14-12-10-8-6-4-2/h17-19,25,43,46H,3-16,20-24,26-42H2,1-2H3/b19-17-,25-18-/t43-/m0/s1. The van der Waals surface area contributed by atoms with Crippen molar-refractivity contribution in [3.05, 3.63) is 24.3 Å². The highest BCUT2D eigenvalue weighted by Crippen LogP contribution is 2.14. The zero-order valence-corrected chi connectivity index (χ0v) is 33.4. The Kier molecular flexibility index (Phi) is 40.4. The van der Waals surface area contributed by atoms with E-state index in [9.17, 15) is 14.7 Å². The van der Waals surface area contributed by atoms with Crippen LogP contribution < -0.4 is 0 Å². The average Bonchev–Trinajstić information content (AvgIpc) is 3.12. The van der Waals surface area contributed by atoms with Gasteiger partial charge in [-0.25, -0.2) is 0 Å². The first kappa shape index (κ1) is 48.4. The third kappa shape index (κ3) is 39.2. The van der Waals surface area contributed by atoms with E-state index in [1.165, 1.54) is 161 Å². The molecule has 50 heavy (non-hydrogen) atoms. The summed E-state index contributed by atoms with van der Waals surface area (Å²) in [6.45, 7) is 4.14. The normalized spacial score (nSPS) is 12.3. The van der Waals surface area contributed by atoms with E-state index in [1.54, 1.807) is 0 Å². The number of rotatable bonds is 40. The third-order valence-electron chi connectivity index (χ3n) is 9.72. The molecule has 0 radical (unpaired) electrons. The molecule has 0 fully saturated rings. The lowest BCUT2D eigenvalue weighted by Crippen LogP contribution is -2.28. The number of aliphatic hydroxyl groups is 1. The molecule has 0 aliphatic carbocycles. The van der Waals surface area contributed by atoms with Crippen LogP contribution in [0.25, 0.3) is 0 Å². The lowest BCUT2D eigenvalue weighted by molar-refractivity contribution is -0.161. The molecule has 294 valence electrons. The van der Waals surface area contributed by atoms with E-state index in [4.69, 9.17) is 9.47 Å². The fourth-order valence-electron chi connectivity index (χ4n) is 6.37. The van der Waals surface area contributed by atoms with Crippen LogP contribution in [-0.4, -0.2) is 36.4 Å². The number of hydrogen-bond donors (Lipinski definition) is 1. The number of carbonyl (C=O) groups is 2. The molecule has 0 unspecified atom stereocenters. The van der Waals surface area contributed by atoms with Gasteiger partial charge in [0.2, 0.25) is 0 Å². The summed E-state index contributed by atoms with van der Waals surface area (Å²) in [5.74, 6) is -0.593. The average molecular weight is 705 g/mol. The number of ether oxygens (including phenoxy) is 2. The van der Waals surface area contributed by atoms with Crippen molar-refractivity contribution >= 4 is 11.9 Å². The molecular weight excluding hydrogens is 620 g/mol. The van der Waals surface area contributed by atoms with Gasteiger partial charge in [0.15, 0.2) is 6.10 Å². The molecule has 0 saturated carbocycles. The Hall–Kier alpha value is -1.62. The molecule has 0 bridgehead atoms. The Morgan fingerprint density at radius 2 is 0.740 bits per heavy atom. The van der Waals surface area contributed by atoms with E-state index >= 15 is 0 Å². The fraction of sp³-hybridized carbons (Fsp3) is 0.867. The number of aliphatic hydroxyl groups excluding tert-OH is 1. The molecule has 0 aliphatic heterocycles. The van der Waals surface area contributed by atoms with E-state index in [2.05, 4.69) is 38.2 Å². The first-order valence-corrected chi connectivity index (χ1v) is 21.9. The van der Waals surface area contributed by atoms with E-state index in [1.807, 2.05) is 0 Å². The lowest BCUT2D eigenvalue weighted by atomic mass is 10.0. The predicted octanol–water partition coefficient (Wildman–Crippen LogP) is 13.8. The molecule has 5 heteroatoms. The first-order valence-electron chi connectivity index (χ1n) is 21.9. The van der Waals surface area contributed by atoms with Crippen LogP contribution in [0.5, 0.6) is 0 Å². The minimum atomic E-state index is -0.772. The second kappa shape index (κ2) is 41.8. The SMILES string of the molecule is CCCCCCCC/C=C\CCCCCCCCCCCCCC(=O)OC[C@H](CO)OC(=O)CCCCCCC/C=C\CCCCCCCC. The molecule has 0 saturated heterocycles. The summed E-state index contributed by atoms with van der Waals surface area (Å²) >= 11 is 0. The maximum absolute atomic E-state index is 12.2. The van der Waals surface area contributed by atoms with Crippen LogP contribution >= 0.6 is 0 Å². The Labute approximate surface area is 311 Å². The highest BCUT2D eigenvalue weighted by atomic mass is 16.6. The molecule has 0 heterocycles. The van der Waals surface area contributed by atoms with Gasteiger partial charge >= 0.3 is 11.9 Å². The van der Waals surface area contributed by atoms with Gasteiger partial charge in [-0.05, 0) is 64.2 Å². The van der Waals surface area contributed by atoms with Crippen molar-refractivity contribution in [1.82, 2.24) is 0 Å². The molecule has 0 aromatic carbocycles. The topological polar surface area (TPSA) is 72.8 Å². The molecule has 0 aliphatic rings. The summed E-state index contributed by atoms with van der Waals surface area (Å²) in [7, 11) is 0. The van der Waals surface area contributed by atoms with Crippen LogP contribution in [-0.2, 0) is 19.1 Å². The molecule has 0 amide bonds. The van der Waals surface area contributed by atoms with Crippen LogP contribution in [0.15, 0.2) is 24.3 Å². The van der Waals surface area contributed by atoms with Crippen LogP contribution in [0, 0.1) is 0 Å². The van der Waals surface area contributed by atoms with Crippen molar-refractivity contribution in [3.63, 3.8) is 0 Å². The molecule has 1 N–H and O–H groups in total. The Balaban J connectivity index is 3.50. The summed E-state index contributed by atoms with van der Waals surface area (Å²) in [4.78, 5) is 24.3. The van der Waals surface area contributed by atoms with E-state index in [0.29, 0.717) is 12.8 Å². The number of allylic oxidation sites excluding steroid dienone is 4. The summed E-state index contributed by atoms with van der Waals surface area (Å²) < 4.78 is 10.6. The van der Waals surface area contributed by atoms with Crippen LogP contribution in [0.4, 0.5) is 0 Å².